The first-order valence-corrected chi connectivity index (χ1v) is 11.8. The van der Waals surface area contributed by atoms with Crippen LogP contribution in [0, 0.1) is 17.7 Å². The van der Waals surface area contributed by atoms with Crippen LogP contribution in [-0.4, -0.2) is 43.0 Å². The molecule has 0 bridgehead atoms. The van der Waals surface area contributed by atoms with Crippen molar-refractivity contribution in [2.45, 2.75) is 45.5 Å². The number of rotatable bonds is 6. The van der Waals surface area contributed by atoms with Gasteiger partial charge in [0.25, 0.3) is 0 Å². The van der Waals surface area contributed by atoms with Gasteiger partial charge in [0.05, 0.1) is 17.5 Å². The van der Waals surface area contributed by atoms with E-state index in [1.807, 2.05) is 0 Å². The quantitative estimate of drug-likeness (QED) is 0.603. The predicted octanol–water partition coefficient (Wildman–Crippen LogP) is 4.87. The summed E-state index contributed by atoms with van der Waals surface area (Å²) < 4.78 is 53.3. The van der Waals surface area contributed by atoms with E-state index in [0.29, 0.717) is 44.2 Å². The zero-order valence-corrected chi connectivity index (χ0v) is 19.5. The Balaban J connectivity index is 1.58. The van der Waals surface area contributed by atoms with Gasteiger partial charge < -0.3 is 10.2 Å². The minimum absolute atomic E-state index is 0.109. The zero-order chi connectivity index (χ0) is 24.5. The summed E-state index contributed by atoms with van der Waals surface area (Å²) in [5.41, 5.74) is 1.66. The minimum atomic E-state index is -4.42. The zero-order valence-electron chi connectivity index (χ0n) is 19.5. The fourth-order valence-corrected chi connectivity index (χ4v) is 4.97. The van der Waals surface area contributed by atoms with Gasteiger partial charge in [-0.2, -0.15) is 13.2 Å². The third-order valence-electron chi connectivity index (χ3n) is 6.80. The summed E-state index contributed by atoms with van der Waals surface area (Å²) in [5.74, 6) is -0.394. The second-order valence-corrected chi connectivity index (χ2v) is 9.75. The Morgan fingerprint density at radius 2 is 1.85 bits per heavy atom. The predicted molar refractivity (Wildman–Crippen MR) is 124 cm³/mol. The van der Waals surface area contributed by atoms with Crippen LogP contribution in [0.25, 0.3) is 0 Å². The maximum atomic E-state index is 13.3. The van der Waals surface area contributed by atoms with Crippen LogP contribution < -0.4 is 10.2 Å². The Labute approximate surface area is 197 Å². The van der Waals surface area contributed by atoms with Gasteiger partial charge in [-0.25, -0.2) is 4.39 Å². The Bertz CT molecular complexity index is 1010. The number of hydrogen-bond donors (Lipinski definition) is 1. The highest BCUT2D eigenvalue weighted by molar-refractivity contribution is 5.82. The number of hydrogen-bond acceptors (Lipinski definition) is 3. The number of amides is 1. The molecule has 1 saturated heterocycles. The topological polar surface area (TPSA) is 35.6 Å². The number of halogens is 4. The van der Waals surface area contributed by atoms with Gasteiger partial charge in [-0.1, -0.05) is 26.0 Å². The molecule has 2 aromatic carbocycles. The highest BCUT2D eigenvalue weighted by atomic mass is 19.4. The standard InChI is InChI=1S/C26H31F4N3O/c1-17(2)9-10-31-25(34)22-14-19-13-20(26(28,29)30)5-8-23(19)33-12-11-32(16-24(22)33)15-18-3-6-21(27)7-4-18/h3-8,13,17,22,24H,9-12,14-16H2,1-2H3,(H,31,34). The molecule has 34 heavy (non-hydrogen) atoms. The molecule has 0 aromatic heterocycles. The first-order valence-electron chi connectivity index (χ1n) is 11.8. The lowest BCUT2D eigenvalue weighted by Gasteiger charge is -2.49. The number of carbonyl (C=O) groups excluding carboxylic acids is 1. The molecule has 0 saturated carbocycles. The van der Waals surface area contributed by atoms with E-state index in [4.69, 9.17) is 0 Å². The summed E-state index contributed by atoms with van der Waals surface area (Å²) in [6, 6.07) is 10.1. The van der Waals surface area contributed by atoms with Crippen molar-refractivity contribution in [3.63, 3.8) is 0 Å². The van der Waals surface area contributed by atoms with E-state index in [1.54, 1.807) is 18.2 Å². The average molecular weight is 478 g/mol. The van der Waals surface area contributed by atoms with E-state index in [1.165, 1.54) is 18.2 Å². The smallest absolute Gasteiger partial charge is 0.365 e. The average Bonchev–Trinajstić information content (AvgIpc) is 2.78. The number of nitrogens with zero attached hydrogens (tertiary/aromatic N) is 2. The van der Waals surface area contributed by atoms with E-state index in [-0.39, 0.29) is 24.2 Å². The Hall–Kier alpha value is -2.61. The third kappa shape index (κ3) is 5.54. The van der Waals surface area contributed by atoms with Crippen LogP contribution in [0.3, 0.4) is 0 Å². The largest absolute Gasteiger partial charge is 0.416 e. The lowest BCUT2D eigenvalue weighted by atomic mass is 9.82. The van der Waals surface area contributed by atoms with Crippen LogP contribution in [0.15, 0.2) is 42.5 Å². The number of nitrogens with one attached hydrogen (secondary N) is 1. The number of benzene rings is 2. The molecular formula is C26H31F4N3O. The van der Waals surface area contributed by atoms with Crippen LogP contribution in [0.2, 0.25) is 0 Å². The van der Waals surface area contributed by atoms with Crippen LogP contribution in [-0.2, 0) is 23.9 Å². The maximum Gasteiger partial charge on any atom is 0.416 e. The molecule has 2 aliphatic heterocycles. The third-order valence-corrected chi connectivity index (χ3v) is 6.80. The fourth-order valence-electron chi connectivity index (χ4n) is 4.97. The molecule has 2 aliphatic rings. The van der Waals surface area contributed by atoms with Gasteiger partial charge in [0.15, 0.2) is 0 Å². The van der Waals surface area contributed by atoms with Gasteiger partial charge in [-0.05, 0) is 60.2 Å². The van der Waals surface area contributed by atoms with Crippen molar-refractivity contribution in [3.05, 3.63) is 65.0 Å². The molecule has 1 amide bonds. The summed E-state index contributed by atoms with van der Waals surface area (Å²) in [6.07, 6.45) is -3.30. The monoisotopic (exact) mass is 477 g/mol. The van der Waals surface area contributed by atoms with Crippen LogP contribution in [0.4, 0.5) is 23.2 Å². The van der Waals surface area contributed by atoms with E-state index < -0.39 is 17.7 Å². The molecule has 2 atom stereocenters. The van der Waals surface area contributed by atoms with Gasteiger partial charge in [0, 0.05) is 38.4 Å². The number of anilines is 1. The summed E-state index contributed by atoms with van der Waals surface area (Å²) in [6.45, 7) is 7.27. The molecule has 0 aliphatic carbocycles. The molecule has 0 spiro atoms. The Kier molecular flexibility index (Phi) is 7.17. The number of carbonyl (C=O) groups is 1. The van der Waals surface area contributed by atoms with E-state index in [9.17, 15) is 22.4 Å². The van der Waals surface area contributed by atoms with Gasteiger partial charge >= 0.3 is 6.18 Å². The number of fused-ring (bicyclic) bond motifs is 3. The number of alkyl halides is 3. The van der Waals surface area contributed by atoms with Gasteiger partial charge in [0.2, 0.25) is 5.91 Å². The molecule has 2 aromatic rings. The van der Waals surface area contributed by atoms with Crippen molar-refractivity contribution < 1.29 is 22.4 Å². The highest BCUT2D eigenvalue weighted by Gasteiger charge is 2.42. The normalized spacial score (nSPS) is 20.7. The van der Waals surface area contributed by atoms with E-state index >= 15 is 0 Å². The molecule has 0 radical (unpaired) electrons. The second kappa shape index (κ2) is 9.94. The van der Waals surface area contributed by atoms with Crippen LogP contribution in [0.1, 0.15) is 37.0 Å². The Morgan fingerprint density at radius 1 is 1.12 bits per heavy atom. The van der Waals surface area contributed by atoms with Crippen molar-refractivity contribution >= 4 is 11.6 Å². The number of piperazine rings is 1. The molecule has 184 valence electrons. The molecule has 1 fully saturated rings. The van der Waals surface area contributed by atoms with Crippen molar-refractivity contribution in [2.75, 3.05) is 31.1 Å². The van der Waals surface area contributed by atoms with Crippen molar-refractivity contribution in [2.24, 2.45) is 11.8 Å². The first kappa shape index (κ1) is 24.5. The van der Waals surface area contributed by atoms with Gasteiger partial charge in [-0.15, -0.1) is 0 Å². The second-order valence-electron chi connectivity index (χ2n) is 9.75. The van der Waals surface area contributed by atoms with Crippen LogP contribution >= 0.6 is 0 Å². The van der Waals surface area contributed by atoms with Gasteiger partial charge in [0.1, 0.15) is 5.82 Å². The van der Waals surface area contributed by atoms with Crippen molar-refractivity contribution in [1.29, 1.82) is 0 Å². The van der Waals surface area contributed by atoms with Gasteiger partial charge in [-0.3, -0.25) is 9.69 Å². The first-order chi connectivity index (χ1) is 16.1. The summed E-state index contributed by atoms with van der Waals surface area (Å²) in [4.78, 5) is 17.5. The lowest BCUT2D eigenvalue weighted by molar-refractivity contribution is -0.137. The van der Waals surface area contributed by atoms with Crippen molar-refractivity contribution in [3.8, 4) is 0 Å². The highest BCUT2D eigenvalue weighted by Crippen LogP contribution is 2.40. The molecular weight excluding hydrogens is 446 g/mol. The van der Waals surface area contributed by atoms with Crippen molar-refractivity contribution in [1.82, 2.24) is 10.2 Å². The summed E-state index contributed by atoms with van der Waals surface area (Å²) >= 11 is 0. The van der Waals surface area contributed by atoms with E-state index in [0.717, 1.165) is 23.7 Å². The molecule has 4 rings (SSSR count). The SMILES string of the molecule is CC(C)CCNC(=O)C1Cc2cc(C(F)(F)F)ccc2N2CCN(Cc3ccc(F)cc3)CC12. The molecule has 4 nitrogen and oxygen atoms in total. The molecule has 2 heterocycles. The molecule has 8 heteroatoms. The molecule has 1 N–H and O–H groups in total. The van der Waals surface area contributed by atoms with E-state index in [2.05, 4.69) is 29.0 Å². The maximum absolute atomic E-state index is 13.3. The van der Waals surface area contributed by atoms with Crippen LogP contribution in [0.5, 0.6) is 0 Å². The summed E-state index contributed by atoms with van der Waals surface area (Å²) in [7, 11) is 0. The lowest BCUT2D eigenvalue weighted by Crippen LogP contribution is -2.61. The minimum Gasteiger partial charge on any atom is -0.365 e. The fraction of sp³-hybridized carbons (Fsp3) is 0.500. The summed E-state index contributed by atoms with van der Waals surface area (Å²) in [5, 5.41) is 3.02. The Morgan fingerprint density at radius 3 is 2.53 bits per heavy atom. The molecule has 2 unspecified atom stereocenters.